The normalized spacial score (nSPS) is 27.1. The molecule has 2 aliphatic carbocycles. The molecule has 2 fully saturated rings. The van der Waals surface area contributed by atoms with E-state index >= 15 is 0 Å². The standard InChI is InChI=1S/C35H49NO5/c1-25(2)22-36(29(38)40-23-26-16-12-10-13-17-26)34-21-20-33(9,30(34,3)4)35(24-34,27-18-14-11-15-19-27)28(37)41-32(7,8)31(5,6)39/h10-19,25,39H,20-24H2,1-9H3/t33-,34-,35-/m1/s1. The van der Waals surface area contributed by atoms with Crippen LogP contribution in [0, 0.1) is 16.7 Å². The van der Waals surface area contributed by atoms with Crippen molar-refractivity contribution < 1.29 is 24.2 Å². The molecule has 0 aromatic heterocycles. The highest BCUT2D eigenvalue weighted by atomic mass is 16.6. The highest BCUT2D eigenvalue weighted by Crippen LogP contribution is 2.77. The zero-order chi connectivity index (χ0) is 30.5. The van der Waals surface area contributed by atoms with E-state index in [1.165, 1.54) is 0 Å². The maximum Gasteiger partial charge on any atom is 0.410 e. The third-order valence-corrected chi connectivity index (χ3v) is 11.0. The second-order valence-electron chi connectivity index (χ2n) is 14.4. The quantitative estimate of drug-likeness (QED) is 0.325. The van der Waals surface area contributed by atoms with E-state index in [0.29, 0.717) is 13.0 Å². The molecule has 0 unspecified atom stereocenters. The van der Waals surface area contributed by atoms with Gasteiger partial charge in [0.2, 0.25) is 0 Å². The number of amides is 1. The second-order valence-corrected chi connectivity index (χ2v) is 14.4. The minimum atomic E-state index is -1.25. The number of esters is 1. The average molecular weight is 564 g/mol. The minimum Gasteiger partial charge on any atom is -0.456 e. The van der Waals surface area contributed by atoms with Crippen molar-refractivity contribution in [2.45, 2.75) is 110 Å². The molecule has 224 valence electrons. The van der Waals surface area contributed by atoms with Crippen molar-refractivity contribution in [3.05, 3.63) is 71.8 Å². The van der Waals surface area contributed by atoms with E-state index in [1.54, 1.807) is 27.7 Å². The lowest BCUT2D eigenvalue weighted by Gasteiger charge is -2.49. The smallest absolute Gasteiger partial charge is 0.410 e. The Morgan fingerprint density at radius 1 is 0.927 bits per heavy atom. The maximum atomic E-state index is 14.7. The highest BCUT2D eigenvalue weighted by Gasteiger charge is 2.80. The van der Waals surface area contributed by atoms with Gasteiger partial charge in [-0.3, -0.25) is 4.79 Å². The van der Waals surface area contributed by atoms with Crippen molar-refractivity contribution in [1.82, 2.24) is 4.90 Å². The second kappa shape index (κ2) is 10.4. The highest BCUT2D eigenvalue weighted by molar-refractivity contribution is 5.87. The van der Waals surface area contributed by atoms with Crippen molar-refractivity contribution in [3.8, 4) is 0 Å². The molecule has 4 rings (SSSR count). The number of hydrogen-bond donors (Lipinski definition) is 1. The predicted octanol–water partition coefficient (Wildman–Crippen LogP) is 7.28. The van der Waals surface area contributed by atoms with Crippen LogP contribution < -0.4 is 0 Å². The van der Waals surface area contributed by atoms with Gasteiger partial charge in [-0.2, -0.15) is 0 Å². The lowest BCUT2D eigenvalue weighted by atomic mass is 9.55. The van der Waals surface area contributed by atoms with Crippen LogP contribution in [-0.4, -0.2) is 45.4 Å². The van der Waals surface area contributed by atoms with Crippen molar-refractivity contribution >= 4 is 12.1 Å². The van der Waals surface area contributed by atoms with Crippen LogP contribution in [0.25, 0.3) is 0 Å². The Kier molecular flexibility index (Phi) is 7.92. The molecule has 1 amide bonds. The monoisotopic (exact) mass is 563 g/mol. The number of ether oxygens (including phenoxy) is 2. The number of hydrogen-bond acceptors (Lipinski definition) is 5. The molecule has 2 saturated carbocycles. The van der Waals surface area contributed by atoms with Crippen LogP contribution in [0.1, 0.15) is 92.7 Å². The van der Waals surface area contributed by atoms with E-state index in [4.69, 9.17) is 9.47 Å². The van der Waals surface area contributed by atoms with Gasteiger partial charge in [-0.05, 0) is 74.8 Å². The first-order chi connectivity index (χ1) is 19.0. The first-order valence-corrected chi connectivity index (χ1v) is 14.9. The zero-order valence-electron chi connectivity index (χ0n) is 26.4. The van der Waals surface area contributed by atoms with E-state index in [1.807, 2.05) is 65.6 Å². The van der Waals surface area contributed by atoms with Gasteiger partial charge in [0, 0.05) is 6.54 Å². The number of carbonyl (C=O) groups is 2. The van der Waals surface area contributed by atoms with Crippen molar-refractivity contribution in [2.75, 3.05) is 6.54 Å². The SMILES string of the molecule is CC(C)CN(C(=O)OCc1ccccc1)[C@@]12CC[C@](C)(C1(C)C)[C@@](C(=O)OC(C)(C)C(C)(C)O)(c1ccccc1)C2. The summed E-state index contributed by atoms with van der Waals surface area (Å²) in [6, 6.07) is 19.6. The van der Waals surface area contributed by atoms with Crippen LogP contribution in [0.3, 0.4) is 0 Å². The average Bonchev–Trinajstić information content (AvgIpc) is 3.20. The van der Waals surface area contributed by atoms with Crippen LogP contribution in [0.4, 0.5) is 4.79 Å². The van der Waals surface area contributed by atoms with Crippen LogP contribution in [0.2, 0.25) is 0 Å². The van der Waals surface area contributed by atoms with Gasteiger partial charge in [-0.15, -0.1) is 0 Å². The molecular weight excluding hydrogens is 514 g/mol. The van der Waals surface area contributed by atoms with E-state index in [9.17, 15) is 14.7 Å². The molecule has 0 heterocycles. The van der Waals surface area contributed by atoms with Crippen molar-refractivity contribution in [1.29, 1.82) is 0 Å². The molecule has 0 spiro atoms. The number of nitrogens with zero attached hydrogens (tertiary/aromatic N) is 1. The summed E-state index contributed by atoms with van der Waals surface area (Å²) in [7, 11) is 0. The molecule has 0 aliphatic heterocycles. The third kappa shape index (κ3) is 4.76. The van der Waals surface area contributed by atoms with Crippen LogP contribution >= 0.6 is 0 Å². The lowest BCUT2D eigenvalue weighted by molar-refractivity contribution is -0.193. The van der Waals surface area contributed by atoms with Gasteiger partial charge in [0.15, 0.2) is 0 Å². The summed E-state index contributed by atoms with van der Waals surface area (Å²) in [5, 5.41) is 10.9. The first-order valence-electron chi connectivity index (χ1n) is 14.9. The van der Waals surface area contributed by atoms with Crippen molar-refractivity contribution in [2.24, 2.45) is 16.7 Å². The van der Waals surface area contributed by atoms with E-state index in [0.717, 1.165) is 24.0 Å². The number of benzene rings is 2. The Morgan fingerprint density at radius 3 is 2.02 bits per heavy atom. The molecule has 0 saturated heterocycles. The fourth-order valence-corrected chi connectivity index (χ4v) is 7.44. The van der Waals surface area contributed by atoms with E-state index in [-0.39, 0.29) is 24.6 Å². The minimum absolute atomic E-state index is 0.188. The molecule has 6 nitrogen and oxygen atoms in total. The Hall–Kier alpha value is -2.86. The number of aliphatic hydroxyl groups is 1. The fourth-order valence-electron chi connectivity index (χ4n) is 7.44. The van der Waals surface area contributed by atoms with Crippen LogP contribution in [0.15, 0.2) is 60.7 Å². The van der Waals surface area contributed by atoms with Gasteiger partial charge in [0.1, 0.15) is 17.6 Å². The molecule has 2 aliphatic rings. The van der Waals surface area contributed by atoms with E-state index in [2.05, 4.69) is 34.6 Å². The third-order valence-electron chi connectivity index (χ3n) is 11.0. The van der Waals surface area contributed by atoms with Gasteiger partial charge < -0.3 is 19.5 Å². The molecule has 2 bridgehead atoms. The molecule has 2 aromatic rings. The molecule has 0 radical (unpaired) electrons. The maximum absolute atomic E-state index is 14.7. The summed E-state index contributed by atoms with van der Waals surface area (Å²) in [5.74, 6) is -0.153. The molecule has 3 atom stereocenters. The predicted molar refractivity (Wildman–Crippen MR) is 161 cm³/mol. The topological polar surface area (TPSA) is 76.1 Å². The summed E-state index contributed by atoms with van der Waals surface area (Å²) < 4.78 is 12.3. The molecule has 41 heavy (non-hydrogen) atoms. The van der Waals surface area contributed by atoms with Crippen molar-refractivity contribution in [3.63, 3.8) is 0 Å². The number of carbonyl (C=O) groups excluding carboxylic acids is 2. The molecule has 6 heteroatoms. The summed E-state index contributed by atoms with van der Waals surface area (Å²) in [6.45, 7) is 18.4. The molecular formula is C35H49NO5. The lowest BCUT2D eigenvalue weighted by Crippen LogP contribution is -2.58. The Bertz CT molecular complexity index is 1250. The Balaban J connectivity index is 1.84. The van der Waals surface area contributed by atoms with Gasteiger partial charge in [0.25, 0.3) is 0 Å². The molecule has 2 aromatic carbocycles. The summed E-state index contributed by atoms with van der Waals surface area (Å²) in [6.07, 6.45) is 1.57. The zero-order valence-corrected chi connectivity index (χ0v) is 26.4. The molecule has 1 N–H and O–H groups in total. The van der Waals surface area contributed by atoms with Crippen LogP contribution in [0.5, 0.6) is 0 Å². The Labute approximate surface area is 246 Å². The van der Waals surface area contributed by atoms with Gasteiger partial charge in [0.05, 0.1) is 11.1 Å². The summed E-state index contributed by atoms with van der Waals surface area (Å²) >= 11 is 0. The van der Waals surface area contributed by atoms with E-state index < -0.39 is 33.0 Å². The fraction of sp³-hybridized carbons (Fsp3) is 0.600. The van der Waals surface area contributed by atoms with Gasteiger partial charge >= 0.3 is 12.1 Å². The van der Waals surface area contributed by atoms with Gasteiger partial charge in [-0.1, -0.05) is 95.3 Å². The summed E-state index contributed by atoms with van der Waals surface area (Å²) in [4.78, 5) is 30.7. The largest absolute Gasteiger partial charge is 0.456 e. The number of fused-ring (bicyclic) bond motifs is 2. The summed E-state index contributed by atoms with van der Waals surface area (Å²) in [5.41, 5.74) is -3.25. The number of rotatable bonds is 9. The Morgan fingerprint density at radius 2 is 1.49 bits per heavy atom. The van der Waals surface area contributed by atoms with Crippen LogP contribution in [-0.2, 0) is 26.3 Å². The van der Waals surface area contributed by atoms with Gasteiger partial charge in [-0.25, -0.2) is 4.79 Å². The first kappa shape index (κ1) is 31.1.